The zero-order valence-electron chi connectivity index (χ0n) is 15.4. The monoisotopic (exact) mass is 646 g/mol. The van der Waals surface area contributed by atoms with Gasteiger partial charge in [0.15, 0.2) is 0 Å². The molecular formula is C24H14Br4N2. The Morgan fingerprint density at radius 2 is 0.600 bits per heavy atom. The summed E-state index contributed by atoms with van der Waals surface area (Å²) in [6.07, 6.45) is 0. The summed E-state index contributed by atoms with van der Waals surface area (Å²) in [5.41, 5.74) is 4.66. The van der Waals surface area contributed by atoms with Gasteiger partial charge in [0.1, 0.15) is 0 Å². The van der Waals surface area contributed by atoms with Gasteiger partial charge in [-0.25, -0.2) is 0 Å². The molecule has 0 aliphatic rings. The van der Waals surface area contributed by atoms with E-state index >= 15 is 0 Å². The Balaban J connectivity index is 0.000000128. The molecule has 0 atom stereocenters. The fourth-order valence-corrected chi connectivity index (χ4v) is 5.15. The van der Waals surface area contributed by atoms with Crippen LogP contribution < -0.4 is 0 Å². The van der Waals surface area contributed by atoms with Gasteiger partial charge in [-0.2, -0.15) is 0 Å². The molecule has 0 aliphatic heterocycles. The van der Waals surface area contributed by atoms with Gasteiger partial charge >= 0.3 is 0 Å². The van der Waals surface area contributed by atoms with E-state index in [0.29, 0.717) is 0 Å². The van der Waals surface area contributed by atoms with E-state index in [1.54, 1.807) is 0 Å². The van der Waals surface area contributed by atoms with E-state index in [4.69, 9.17) is 0 Å². The van der Waals surface area contributed by atoms with Crippen molar-refractivity contribution >= 4 is 107 Å². The summed E-state index contributed by atoms with van der Waals surface area (Å²) in [7, 11) is 0. The first kappa shape index (κ1) is 20.3. The zero-order chi connectivity index (χ0) is 20.8. The number of rotatable bonds is 0. The predicted octanol–water partition coefficient (Wildman–Crippen LogP) is 9.69. The van der Waals surface area contributed by atoms with Crippen molar-refractivity contribution in [1.29, 1.82) is 0 Å². The van der Waals surface area contributed by atoms with Gasteiger partial charge in [0.05, 0.1) is 0 Å². The van der Waals surface area contributed by atoms with Gasteiger partial charge < -0.3 is 9.97 Å². The lowest BCUT2D eigenvalue weighted by Crippen LogP contribution is -1.67. The first-order chi connectivity index (χ1) is 14.5. The molecule has 30 heavy (non-hydrogen) atoms. The number of nitrogens with one attached hydrogen (secondary N) is 2. The highest BCUT2D eigenvalue weighted by Gasteiger charge is 2.05. The minimum atomic E-state index is 1.10. The van der Waals surface area contributed by atoms with E-state index < -0.39 is 0 Å². The topological polar surface area (TPSA) is 31.6 Å². The minimum Gasteiger partial charge on any atom is -0.354 e. The number of aromatic amines is 2. The number of benzene rings is 4. The van der Waals surface area contributed by atoms with E-state index in [-0.39, 0.29) is 0 Å². The van der Waals surface area contributed by atoms with Crippen molar-refractivity contribution in [1.82, 2.24) is 9.97 Å². The van der Waals surface area contributed by atoms with Crippen LogP contribution in [-0.2, 0) is 0 Å². The molecule has 0 amide bonds. The molecular weight excluding hydrogens is 636 g/mol. The molecule has 148 valence electrons. The Morgan fingerprint density at radius 3 is 0.833 bits per heavy atom. The van der Waals surface area contributed by atoms with Crippen molar-refractivity contribution in [3.8, 4) is 0 Å². The number of hydrogen-bond acceptors (Lipinski definition) is 0. The molecule has 0 bridgehead atoms. The van der Waals surface area contributed by atoms with Gasteiger partial charge in [-0.15, -0.1) is 0 Å². The first-order valence-electron chi connectivity index (χ1n) is 9.21. The number of hydrogen-bond donors (Lipinski definition) is 2. The van der Waals surface area contributed by atoms with Crippen LogP contribution in [0.4, 0.5) is 0 Å². The van der Waals surface area contributed by atoms with Crippen LogP contribution in [0.15, 0.2) is 90.7 Å². The average Bonchev–Trinajstić information content (AvgIpc) is 3.23. The minimum absolute atomic E-state index is 1.10. The molecule has 0 saturated heterocycles. The summed E-state index contributed by atoms with van der Waals surface area (Å²) in [6, 6.07) is 25.2. The largest absolute Gasteiger partial charge is 0.354 e. The van der Waals surface area contributed by atoms with Crippen molar-refractivity contribution < 1.29 is 0 Å². The smallest absolute Gasteiger partial charge is 0.0476 e. The molecule has 4 aromatic carbocycles. The summed E-state index contributed by atoms with van der Waals surface area (Å²) in [5, 5.41) is 5.06. The van der Waals surface area contributed by atoms with Crippen LogP contribution in [0.25, 0.3) is 43.6 Å². The molecule has 6 aromatic rings. The van der Waals surface area contributed by atoms with Crippen molar-refractivity contribution in [3.05, 3.63) is 90.7 Å². The SMILES string of the molecule is Brc1ccc2c(c1)[nH]c1cc(Br)ccc12.Brc1ccc2c(c1)[nH]c1cc(Br)ccc12. The molecule has 0 aliphatic carbocycles. The van der Waals surface area contributed by atoms with Gasteiger partial charge in [0.2, 0.25) is 0 Å². The van der Waals surface area contributed by atoms with E-state index in [9.17, 15) is 0 Å². The van der Waals surface area contributed by atoms with Gasteiger partial charge in [-0.3, -0.25) is 0 Å². The third-order valence-corrected chi connectivity index (χ3v) is 7.02. The molecule has 2 nitrogen and oxygen atoms in total. The summed E-state index contributed by atoms with van der Waals surface area (Å²) in [4.78, 5) is 6.80. The zero-order valence-corrected chi connectivity index (χ0v) is 21.8. The Morgan fingerprint density at radius 1 is 0.367 bits per heavy atom. The quantitative estimate of drug-likeness (QED) is 0.164. The van der Waals surface area contributed by atoms with Crippen molar-refractivity contribution in [2.45, 2.75) is 0 Å². The normalized spacial score (nSPS) is 11.3. The highest BCUT2D eigenvalue weighted by atomic mass is 79.9. The molecule has 0 unspecified atom stereocenters. The lowest BCUT2D eigenvalue weighted by atomic mass is 10.2. The fraction of sp³-hybridized carbons (Fsp3) is 0. The number of H-pyrrole nitrogens is 2. The van der Waals surface area contributed by atoms with E-state index in [0.717, 1.165) is 40.0 Å². The van der Waals surface area contributed by atoms with E-state index in [1.807, 2.05) is 0 Å². The lowest BCUT2D eigenvalue weighted by molar-refractivity contribution is 1.53. The summed E-state index contributed by atoms with van der Waals surface area (Å²) < 4.78 is 4.39. The van der Waals surface area contributed by atoms with Gasteiger partial charge in [0, 0.05) is 61.5 Å². The van der Waals surface area contributed by atoms with Crippen LogP contribution in [0.1, 0.15) is 0 Å². The second kappa shape index (κ2) is 8.15. The van der Waals surface area contributed by atoms with Crippen molar-refractivity contribution in [3.63, 3.8) is 0 Å². The molecule has 0 spiro atoms. The maximum atomic E-state index is 3.47. The second-order valence-electron chi connectivity index (χ2n) is 7.01. The Hall–Kier alpha value is -1.60. The standard InChI is InChI=1S/2C12H7Br2N/c2*13-7-1-3-9-10-4-2-8(14)6-12(10)15-11(9)5-7/h2*1-6,15H. The maximum absolute atomic E-state index is 3.47. The van der Waals surface area contributed by atoms with Gasteiger partial charge in [-0.05, 0) is 48.5 Å². The second-order valence-corrected chi connectivity index (χ2v) is 10.7. The Bertz CT molecular complexity index is 1320. The number of aromatic nitrogens is 2. The highest BCUT2D eigenvalue weighted by Crippen LogP contribution is 2.30. The molecule has 6 heteroatoms. The third-order valence-electron chi connectivity index (χ3n) is 5.05. The fourth-order valence-electron chi connectivity index (χ4n) is 3.71. The predicted molar refractivity (Wildman–Crippen MR) is 142 cm³/mol. The molecule has 0 saturated carbocycles. The molecule has 0 fully saturated rings. The molecule has 2 heterocycles. The van der Waals surface area contributed by atoms with Crippen LogP contribution in [0, 0.1) is 0 Å². The average molecular weight is 650 g/mol. The van der Waals surface area contributed by atoms with Crippen LogP contribution in [0.5, 0.6) is 0 Å². The Labute approximate surface area is 206 Å². The van der Waals surface area contributed by atoms with Gasteiger partial charge in [0.25, 0.3) is 0 Å². The maximum Gasteiger partial charge on any atom is 0.0476 e. The van der Waals surface area contributed by atoms with Crippen LogP contribution in [0.3, 0.4) is 0 Å². The molecule has 2 N–H and O–H groups in total. The molecule has 6 rings (SSSR count). The van der Waals surface area contributed by atoms with Crippen molar-refractivity contribution in [2.24, 2.45) is 0 Å². The van der Waals surface area contributed by atoms with Crippen LogP contribution in [-0.4, -0.2) is 9.97 Å². The molecule has 0 radical (unpaired) electrons. The first-order valence-corrected chi connectivity index (χ1v) is 12.4. The number of halogens is 4. The van der Waals surface area contributed by atoms with Crippen LogP contribution >= 0.6 is 63.7 Å². The molecule has 2 aromatic heterocycles. The number of fused-ring (bicyclic) bond motifs is 6. The summed E-state index contributed by atoms with van der Waals surface area (Å²) in [6.45, 7) is 0. The summed E-state index contributed by atoms with van der Waals surface area (Å²) >= 11 is 13.9. The van der Waals surface area contributed by atoms with Crippen molar-refractivity contribution in [2.75, 3.05) is 0 Å². The third kappa shape index (κ3) is 3.86. The van der Waals surface area contributed by atoms with Crippen LogP contribution in [0.2, 0.25) is 0 Å². The highest BCUT2D eigenvalue weighted by molar-refractivity contribution is 9.11. The lowest BCUT2D eigenvalue weighted by Gasteiger charge is -1.92. The van der Waals surface area contributed by atoms with E-state index in [1.165, 1.54) is 21.5 Å². The van der Waals surface area contributed by atoms with Gasteiger partial charge in [-0.1, -0.05) is 88.0 Å². The van der Waals surface area contributed by atoms with E-state index in [2.05, 4.69) is 146 Å². The Kier molecular flexibility index (Phi) is 5.52. The summed E-state index contributed by atoms with van der Waals surface area (Å²) in [5.74, 6) is 0.